The molecule has 0 aliphatic carbocycles. The highest BCUT2D eigenvalue weighted by molar-refractivity contribution is 5.74. The normalized spacial score (nSPS) is 15.5. The van der Waals surface area contributed by atoms with Crippen LogP contribution in [0.2, 0.25) is 0 Å². The van der Waals surface area contributed by atoms with Crippen molar-refractivity contribution in [3.63, 3.8) is 0 Å². The second-order valence-electron chi connectivity index (χ2n) is 6.06. The van der Waals surface area contributed by atoms with Gasteiger partial charge in [-0.15, -0.1) is 0 Å². The summed E-state index contributed by atoms with van der Waals surface area (Å²) >= 11 is 0. The molecular formula is C18H22FN3O2. The average molecular weight is 331 g/mol. The number of hydrogen-bond donors (Lipinski definition) is 1. The molecule has 0 saturated carbocycles. The molecule has 1 fully saturated rings. The standard InChI is InChI=1S/C18H22FN3O2/c1-14-2-7-17(24-14)13-21-8-10-22(11-9-21)18(23)20-12-15-3-5-16(19)6-4-15/h2-7H,8-13H2,1H3,(H,20,23). The van der Waals surface area contributed by atoms with Crippen molar-refractivity contribution in [2.75, 3.05) is 26.2 Å². The lowest BCUT2D eigenvalue weighted by Gasteiger charge is -2.34. The summed E-state index contributed by atoms with van der Waals surface area (Å²) in [5.41, 5.74) is 0.886. The second kappa shape index (κ2) is 7.49. The molecule has 1 saturated heterocycles. The molecule has 0 radical (unpaired) electrons. The molecule has 24 heavy (non-hydrogen) atoms. The van der Waals surface area contributed by atoms with Crippen LogP contribution < -0.4 is 5.32 Å². The number of nitrogens with one attached hydrogen (secondary N) is 1. The van der Waals surface area contributed by atoms with Crippen LogP contribution in [0.4, 0.5) is 9.18 Å². The number of urea groups is 1. The van der Waals surface area contributed by atoms with E-state index in [9.17, 15) is 9.18 Å². The van der Waals surface area contributed by atoms with Gasteiger partial charge in [0.25, 0.3) is 0 Å². The van der Waals surface area contributed by atoms with E-state index in [2.05, 4.69) is 10.2 Å². The fourth-order valence-corrected chi connectivity index (χ4v) is 2.79. The van der Waals surface area contributed by atoms with Crippen molar-refractivity contribution in [1.82, 2.24) is 15.1 Å². The van der Waals surface area contributed by atoms with Crippen LogP contribution in [0.5, 0.6) is 0 Å². The van der Waals surface area contributed by atoms with Crippen molar-refractivity contribution >= 4 is 6.03 Å². The van der Waals surface area contributed by atoms with E-state index >= 15 is 0 Å². The number of hydrogen-bond acceptors (Lipinski definition) is 3. The molecule has 1 aromatic heterocycles. The van der Waals surface area contributed by atoms with Gasteiger partial charge in [0, 0.05) is 32.7 Å². The fraction of sp³-hybridized carbons (Fsp3) is 0.389. The van der Waals surface area contributed by atoms with Crippen LogP contribution in [0.15, 0.2) is 40.8 Å². The second-order valence-corrected chi connectivity index (χ2v) is 6.06. The summed E-state index contributed by atoms with van der Waals surface area (Å²) in [5.74, 6) is 1.61. The summed E-state index contributed by atoms with van der Waals surface area (Å²) in [6, 6.07) is 10.0. The first-order valence-electron chi connectivity index (χ1n) is 8.15. The summed E-state index contributed by atoms with van der Waals surface area (Å²) in [7, 11) is 0. The van der Waals surface area contributed by atoms with Crippen LogP contribution in [-0.2, 0) is 13.1 Å². The van der Waals surface area contributed by atoms with E-state index in [4.69, 9.17) is 4.42 Å². The first-order chi connectivity index (χ1) is 11.6. The van der Waals surface area contributed by atoms with Gasteiger partial charge < -0.3 is 14.6 Å². The lowest BCUT2D eigenvalue weighted by Crippen LogP contribution is -2.51. The van der Waals surface area contributed by atoms with Gasteiger partial charge in [-0.25, -0.2) is 9.18 Å². The number of carbonyl (C=O) groups is 1. The van der Waals surface area contributed by atoms with Crippen LogP contribution in [0.3, 0.4) is 0 Å². The quantitative estimate of drug-likeness (QED) is 0.937. The number of rotatable bonds is 4. The summed E-state index contributed by atoms with van der Waals surface area (Å²) < 4.78 is 18.5. The fourth-order valence-electron chi connectivity index (χ4n) is 2.79. The third-order valence-corrected chi connectivity index (χ3v) is 4.19. The molecule has 128 valence electrons. The van der Waals surface area contributed by atoms with E-state index in [1.807, 2.05) is 24.0 Å². The third kappa shape index (κ3) is 4.35. The molecule has 2 aromatic rings. The monoisotopic (exact) mass is 331 g/mol. The van der Waals surface area contributed by atoms with E-state index in [1.165, 1.54) is 12.1 Å². The third-order valence-electron chi connectivity index (χ3n) is 4.19. The molecule has 0 bridgehead atoms. The number of furan rings is 1. The minimum Gasteiger partial charge on any atom is -0.465 e. The first-order valence-corrected chi connectivity index (χ1v) is 8.15. The number of halogens is 1. The molecule has 2 amide bonds. The molecule has 5 nitrogen and oxygen atoms in total. The summed E-state index contributed by atoms with van der Waals surface area (Å²) in [6.07, 6.45) is 0. The highest BCUT2D eigenvalue weighted by Gasteiger charge is 2.21. The van der Waals surface area contributed by atoms with Crippen LogP contribution in [0.25, 0.3) is 0 Å². The number of carbonyl (C=O) groups excluding carboxylic acids is 1. The van der Waals surface area contributed by atoms with Crippen LogP contribution >= 0.6 is 0 Å². The van der Waals surface area contributed by atoms with Crippen LogP contribution in [0.1, 0.15) is 17.1 Å². The van der Waals surface area contributed by atoms with Crippen LogP contribution in [-0.4, -0.2) is 42.0 Å². The van der Waals surface area contributed by atoms with E-state index in [0.717, 1.165) is 36.7 Å². The molecule has 0 spiro atoms. The Kier molecular flexibility index (Phi) is 5.15. The zero-order chi connectivity index (χ0) is 16.9. The lowest BCUT2D eigenvalue weighted by molar-refractivity contribution is 0.129. The van der Waals surface area contributed by atoms with Crippen molar-refractivity contribution < 1.29 is 13.6 Å². The number of piperazine rings is 1. The molecule has 3 rings (SSSR count). The molecule has 1 N–H and O–H groups in total. The maximum Gasteiger partial charge on any atom is 0.317 e. The summed E-state index contributed by atoms with van der Waals surface area (Å²) in [5, 5.41) is 2.88. The van der Waals surface area contributed by atoms with Gasteiger partial charge in [0.05, 0.1) is 6.54 Å². The molecule has 1 aliphatic heterocycles. The largest absolute Gasteiger partial charge is 0.465 e. The smallest absolute Gasteiger partial charge is 0.317 e. The average Bonchev–Trinajstić information content (AvgIpc) is 2.99. The Morgan fingerprint density at radius 3 is 2.46 bits per heavy atom. The van der Waals surface area contributed by atoms with E-state index in [-0.39, 0.29) is 11.8 Å². The predicted molar refractivity (Wildman–Crippen MR) is 88.9 cm³/mol. The molecule has 1 aliphatic rings. The van der Waals surface area contributed by atoms with Gasteiger partial charge in [-0.2, -0.15) is 0 Å². The van der Waals surface area contributed by atoms with Crippen molar-refractivity contribution in [3.8, 4) is 0 Å². The Morgan fingerprint density at radius 1 is 1.12 bits per heavy atom. The van der Waals surface area contributed by atoms with Gasteiger partial charge in [0.2, 0.25) is 0 Å². The lowest BCUT2D eigenvalue weighted by atomic mass is 10.2. The zero-order valence-electron chi connectivity index (χ0n) is 13.8. The molecule has 0 atom stereocenters. The number of nitrogens with zero attached hydrogens (tertiary/aromatic N) is 2. The highest BCUT2D eigenvalue weighted by Crippen LogP contribution is 2.12. The Morgan fingerprint density at radius 2 is 1.83 bits per heavy atom. The topological polar surface area (TPSA) is 48.7 Å². The zero-order valence-corrected chi connectivity index (χ0v) is 13.8. The molecule has 0 unspecified atom stereocenters. The van der Waals surface area contributed by atoms with Crippen LogP contribution in [0, 0.1) is 12.7 Å². The Bertz CT molecular complexity index is 676. The van der Waals surface area contributed by atoms with E-state index in [0.29, 0.717) is 19.6 Å². The first kappa shape index (κ1) is 16.5. The maximum absolute atomic E-state index is 12.9. The number of benzene rings is 1. The number of aryl methyl sites for hydroxylation is 1. The summed E-state index contributed by atoms with van der Waals surface area (Å²) in [6.45, 7) is 6.15. The number of amides is 2. The minimum atomic E-state index is -0.270. The van der Waals surface area contributed by atoms with Crippen molar-refractivity contribution in [2.24, 2.45) is 0 Å². The molecule has 6 heteroatoms. The highest BCUT2D eigenvalue weighted by atomic mass is 19.1. The predicted octanol–water partition coefficient (Wildman–Crippen LogP) is 2.75. The Hall–Kier alpha value is -2.34. The van der Waals surface area contributed by atoms with E-state index in [1.54, 1.807) is 12.1 Å². The SMILES string of the molecule is Cc1ccc(CN2CCN(C(=O)NCc3ccc(F)cc3)CC2)o1. The van der Waals surface area contributed by atoms with Gasteiger partial charge in [0.1, 0.15) is 17.3 Å². The van der Waals surface area contributed by atoms with Gasteiger partial charge in [-0.3, -0.25) is 4.90 Å². The Balaban J connectivity index is 1.42. The Labute approximate surface area is 141 Å². The summed E-state index contributed by atoms with van der Waals surface area (Å²) in [4.78, 5) is 16.3. The molecule has 1 aromatic carbocycles. The van der Waals surface area contributed by atoms with Gasteiger partial charge in [-0.05, 0) is 36.8 Å². The van der Waals surface area contributed by atoms with Crippen molar-refractivity contribution in [3.05, 3.63) is 59.3 Å². The van der Waals surface area contributed by atoms with Gasteiger partial charge in [0.15, 0.2) is 0 Å². The van der Waals surface area contributed by atoms with Gasteiger partial charge >= 0.3 is 6.03 Å². The van der Waals surface area contributed by atoms with E-state index < -0.39 is 0 Å². The van der Waals surface area contributed by atoms with Crippen molar-refractivity contribution in [1.29, 1.82) is 0 Å². The maximum atomic E-state index is 12.9. The van der Waals surface area contributed by atoms with Crippen molar-refractivity contribution in [2.45, 2.75) is 20.0 Å². The van der Waals surface area contributed by atoms with Gasteiger partial charge in [-0.1, -0.05) is 12.1 Å². The molecular weight excluding hydrogens is 309 g/mol. The minimum absolute atomic E-state index is 0.0761. The molecule has 2 heterocycles.